The van der Waals surface area contributed by atoms with Crippen molar-refractivity contribution in [1.29, 1.82) is 0 Å². The van der Waals surface area contributed by atoms with Crippen LogP contribution in [0, 0.1) is 25.7 Å². The fourth-order valence-corrected chi connectivity index (χ4v) is 2.52. The minimum atomic E-state index is 0.444. The van der Waals surface area contributed by atoms with Crippen LogP contribution in [0.5, 0.6) is 0 Å². The minimum absolute atomic E-state index is 0.444. The molecule has 2 heterocycles. The van der Waals surface area contributed by atoms with Gasteiger partial charge in [0.2, 0.25) is 0 Å². The topological polar surface area (TPSA) is 51.5 Å². The standard InChI is InChI=1S/C19H20N4O/c1-14-11-15(2)23-13-21-18(19(23)22-14)12-20-17-8-6-16(7-9-17)5-4-10-24-3/h6-9,11,13,20H,10,12H2,1-3H3. The summed E-state index contributed by atoms with van der Waals surface area (Å²) in [7, 11) is 1.64. The van der Waals surface area contributed by atoms with Gasteiger partial charge in [0, 0.05) is 29.7 Å². The molecule has 0 amide bonds. The number of rotatable bonds is 4. The molecule has 2 aromatic heterocycles. The van der Waals surface area contributed by atoms with Crippen LogP contribution in [0.2, 0.25) is 0 Å². The first kappa shape index (κ1) is 16.0. The van der Waals surface area contributed by atoms with E-state index in [1.54, 1.807) is 7.11 Å². The number of anilines is 1. The van der Waals surface area contributed by atoms with Crippen LogP contribution in [0.15, 0.2) is 36.7 Å². The highest BCUT2D eigenvalue weighted by atomic mass is 16.5. The Morgan fingerprint density at radius 3 is 2.75 bits per heavy atom. The number of ether oxygens (including phenoxy) is 1. The number of methoxy groups -OCH3 is 1. The predicted octanol–water partition coefficient (Wildman–Crippen LogP) is 2.96. The number of hydrogen-bond acceptors (Lipinski definition) is 4. The van der Waals surface area contributed by atoms with Gasteiger partial charge in [-0.2, -0.15) is 0 Å². The molecule has 0 spiro atoms. The van der Waals surface area contributed by atoms with E-state index < -0.39 is 0 Å². The zero-order valence-electron chi connectivity index (χ0n) is 14.1. The fourth-order valence-electron chi connectivity index (χ4n) is 2.52. The minimum Gasteiger partial charge on any atom is -0.379 e. The summed E-state index contributed by atoms with van der Waals surface area (Å²) in [6, 6.07) is 10.1. The smallest absolute Gasteiger partial charge is 0.162 e. The maximum Gasteiger partial charge on any atom is 0.162 e. The molecule has 5 nitrogen and oxygen atoms in total. The number of benzene rings is 1. The van der Waals surface area contributed by atoms with Crippen molar-refractivity contribution in [3.05, 3.63) is 59.3 Å². The zero-order valence-corrected chi connectivity index (χ0v) is 14.1. The highest BCUT2D eigenvalue weighted by Crippen LogP contribution is 2.14. The van der Waals surface area contributed by atoms with Crippen molar-refractivity contribution < 1.29 is 4.74 Å². The highest BCUT2D eigenvalue weighted by Gasteiger charge is 2.08. The van der Waals surface area contributed by atoms with Gasteiger partial charge in [0.1, 0.15) is 18.6 Å². The molecule has 0 atom stereocenters. The second kappa shape index (κ2) is 7.16. The molecule has 122 valence electrons. The van der Waals surface area contributed by atoms with E-state index in [-0.39, 0.29) is 0 Å². The number of hydrogen-bond donors (Lipinski definition) is 1. The summed E-state index contributed by atoms with van der Waals surface area (Å²) in [4.78, 5) is 9.08. The normalized spacial score (nSPS) is 10.5. The number of imidazole rings is 1. The number of aryl methyl sites for hydroxylation is 2. The van der Waals surface area contributed by atoms with E-state index in [1.807, 2.05) is 41.9 Å². The summed E-state index contributed by atoms with van der Waals surface area (Å²) in [6.07, 6.45) is 1.82. The SMILES string of the molecule is COCC#Cc1ccc(NCc2ncn3c(C)cc(C)nc23)cc1. The summed E-state index contributed by atoms with van der Waals surface area (Å²) in [6.45, 7) is 5.13. The average molecular weight is 320 g/mol. The monoisotopic (exact) mass is 320 g/mol. The van der Waals surface area contributed by atoms with E-state index in [0.717, 1.165) is 34.0 Å². The lowest BCUT2D eigenvalue weighted by molar-refractivity contribution is 0.240. The molecule has 3 aromatic rings. The summed E-state index contributed by atoms with van der Waals surface area (Å²) in [5.41, 5.74) is 5.97. The first-order valence-corrected chi connectivity index (χ1v) is 7.79. The Morgan fingerprint density at radius 2 is 2.00 bits per heavy atom. The molecule has 1 N–H and O–H groups in total. The van der Waals surface area contributed by atoms with E-state index >= 15 is 0 Å². The van der Waals surface area contributed by atoms with E-state index in [0.29, 0.717) is 13.2 Å². The average Bonchev–Trinajstić information content (AvgIpc) is 2.97. The van der Waals surface area contributed by atoms with Crippen LogP contribution < -0.4 is 5.32 Å². The van der Waals surface area contributed by atoms with Crippen molar-refractivity contribution in [2.45, 2.75) is 20.4 Å². The maximum absolute atomic E-state index is 4.92. The van der Waals surface area contributed by atoms with E-state index in [1.165, 1.54) is 0 Å². The molecule has 0 radical (unpaired) electrons. The summed E-state index contributed by atoms with van der Waals surface area (Å²) in [5.74, 6) is 5.99. The molecule has 0 bridgehead atoms. The summed E-state index contributed by atoms with van der Waals surface area (Å²) < 4.78 is 6.93. The molecular formula is C19H20N4O. The lowest BCUT2D eigenvalue weighted by atomic mass is 10.2. The van der Waals surface area contributed by atoms with Gasteiger partial charge in [-0.1, -0.05) is 11.8 Å². The lowest BCUT2D eigenvalue weighted by Crippen LogP contribution is -2.02. The van der Waals surface area contributed by atoms with Crippen LogP contribution in [0.3, 0.4) is 0 Å². The van der Waals surface area contributed by atoms with Crippen molar-refractivity contribution >= 4 is 11.3 Å². The van der Waals surface area contributed by atoms with Crippen LogP contribution in [0.1, 0.15) is 22.6 Å². The molecule has 0 saturated carbocycles. The first-order valence-electron chi connectivity index (χ1n) is 7.79. The van der Waals surface area contributed by atoms with Gasteiger partial charge >= 0.3 is 0 Å². The Kier molecular flexibility index (Phi) is 4.78. The lowest BCUT2D eigenvalue weighted by Gasteiger charge is -2.06. The molecule has 0 fully saturated rings. The number of aromatic nitrogens is 3. The largest absolute Gasteiger partial charge is 0.379 e. The molecule has 3 rings (SSSR count). The third kappa shape index (κ3) is 3.55. The third-order valence-corrected chi connectivity index (χ3v) is 3.69. The van der Waals surface area contributed by atoms with E-state index in [4.69, 9.17) is 4.74 Å². The van der Waals surface area contributed by atoms with Crippen LogP contribution in [0.25, 0.3) is 5.65 Å². The van der Waals surface area contributed by atoms with Gasteiger partial charge in [0.15, 0.2) is 5.65 Å². The van der Waals surface area contributed by atoms with Crippen molar-refractivity contribution in [2.75, 3.05) is 19.0 Å². The molecule has 0 aliphatic carbocycles. The van der Waals surface area contributed by atoms with Crippen molar-refractivity contribution in [2.24, 2.45) is 0 Å². The van der Waals surface area contributed by atoms with Crippen molar-refractivity contribution in [3.63, 3.8) is 0 Å². The number of nitrogens with one attached hydrogen (secondary N) is 1. The zero-order chi connectivity index (χ0) is 16.9. The van der Waals surface area contributed by atoms with Crippen molar-refractivity contribution in [1.82, 2.24) is 14.4 Å². The summed E-state index contributed by atoms with van der Waals surface area (Å²) >= 11 is 0. The molecular weight excluding hydrogens is 300 g/mol. The van der Waals surface area contributed by atoms with Gasteiger partial charge < -0.3 is 10.1 Å². The molecule has 0 aliphatic rings. The first-order chi connectivity index (χ1) is 11.7. The van der Waals surface area contributed by atoms with Gasteiger partial charge in [-0.25, -0.2) is 9.97 Å². The van der Waals surface area contributed by atoms with Crippen molar-refractivity contribution in [3.8, 4) is 11.8 Å². The molecule has 1 aromatic carbocycles. The molecule has 24 heavy (non-hydrogen) atoms. The third-order valence-electron chi connectivity index (χ3n) is 3.69. The fraction of sp³-hybridized carbons (Fsp3) is 0.263. The van der Waals surface area contributed by atoms with Gasteiger partial charge in [0.25, 0.3) is 0 Å². The van der Waals surface area contributed by atoms with Crippen LogP contribution in [-0.4, -0.2) is 28.1 Å². The molecule has 0 unspecified atom stereocenters. The van der Waals surface area contributed by atoms with Gasteiger partial charge in [-0.3, -0.25) is 4.40 Å². The summed E-state index contributed by atoms with van der Waals surface area (Å²) in [5, 5.41) is 3.38. The van der Waals surface area contributed by atoms with Crippen LogP contribution in [-0.2, 0) is 11.3 Å². The Balaban J connectivity index is 1.71. The predicted molar refractivity (Wildman–Crippen MR) is 95.0 cm³/mol. The Bertz CT molecular complexity index is 901. The Morgan fingerprint density at radius 1 is 1.21 bits per heavy atom. The number of fused-ring (bicyclic) bond motifs is 1. The molecule has 0 aliphatic heterocycles. The molecule has 5 heteroatoms. The van der Waals surface area contributed by atoms with Gasteiger partial charge in [0.05, 0.1) is 6.54 Å². The van der Waals surface area contributed by atoms with Crippen LogP contribution in [0.4, 0.5) is 5.69 Å². The van der Waals surface area contributed by atoms with Crippen LogP contribution >= 0.6 is 0 Å². The van der Waals surface area contributed by atoms with Gasteiger partial charge in [-0.15, -0.1) is 0 Å². The van der Waals surface area contributed by atoms with Gasteiger partial charge in [-0.05, 0) is 44.2 Å². The maximum atomic E-state index is 4.92. The number of nitrogens with zero attached hydrogens (tertiary/aromatic N) is 3. The highest BCUT2D eigenvalue weighted by molar-refractivity contribution is 5.51. The van der Waals surface area contributed by atoms with E-state index in [2.05, 4.69) is 40.1 Å². The quantitative estimate of drug-likeness (QED) is 0.751. The molecule has 0 saturated heterocycles. The Hall–Kier alpha value is -2.84. The second-order valence-corrected chi connectivity index (χ2v) is 5.59. The van der Waals surface area contributed by atoms with E-state index in [9.17, 15) is 0 Å². The Labute approximate surface area is 141 Å². The second-order valence-electron chi connectivity index (χ2n) is 5.59.